The fraction of sp³-hybridized carbons (Fsp3) is 0.350. The Morgan fingerprint density at radius 1 is 1.32 bits per heavy atom. The van der Waals surface area contributed by atoms with E-state index in [9.17, 15) is 4.79 Å². The molecule has 2 amide bonds. The van der Waals surface area contributed by atoms with Crippen LogP contribution in [-0.4, -0.2) is 52.3 Å². The first kappa shape index (κ1) is 18.9. The van der Waals surface area contributed by atoms with Crippen molar-refractivity contribution in [3.63, 3.8) is 0 Å². The van der Waals surface area contributed by atoms with Crippen molar-refractivity contribution in [2.24, 2.45) is 0 Å². The van der Waals surface area contributed by atoms with Crippen molar-refractivity contribution in [1.29, 1.82) is 0 Å². The molecule has 146 valence electrons. The third-order valence-electron chi connectivity index (χ3n) is 4.99. The Balaban J connectivity index is 1.50. The Kier molecular flexibility index (Phi) is 5.59. The number of nitrogens with zero attached hydrogens (tertiary/aromatic N) is 4. The van der Waals surface area contributed by atoms with Gasteiger partial charge in [-0.25, -0.2) is 14.8 Å². The van der Waals surface area contributed by atoms with Crippen molar-refractivity contribution in [2.45, 2.75) is 18.9 Å². The summed E-state index contributed by atoms with van der Waals surface area (Å²) in [5.74, 6) is 1.16. The minimum absolute atomic E-state index is 0.0810. The second-order valence-electron chi connectivity index (χ2n) is 6.83. The molecule has 1 atom stereocenters. The number of benzene rings is 1. The Labute approximate surface area is 171 Å². The molecule has 1 N–H and O–H groups in total. The predicted molar refractivity (Wildman–Crippen MR) is 111 cm³/mol. The Morgan fingerprint density at radius 3 is 2.93 bits per heavy atom. The average Bonchev–Trinajstić information content (AvgIpc) is 3.33. The van der Waals surface area contributed by atoms with Crippen LogP contribution in [0.4, 0.5) is 10.5 Å². The summed E-state index contributed by atoms with van der Waals surface area (Å²) in [5.41, 5.74) is 2.53. The molecular formula is C20H22BrN5O2. The van der Waals surface area contributed by atoms with Crippen LogP contribution in [0.25, 0.3) is 11.2 Å². The predicted octanol–water partition coefficient (Wildman–Crippen LogP) is 3.86. The Bertz CT molecular complexity index is 972. The van der Waals surface area contributed by atoms with Crippen molar-refractivity contribution in [3.05, 3.63) is 52.9 Å². The average molecular weight is 444 g/mol. The number of halogens is 1. The molecule has 0 saturated carbocycles. The van der Waals surface area contributed by atoms with Crippen molar-refractivity contribution in [3.8, 4) is 0 Å². The Hall–Kier alpha value is -2.45. The van der Waals surface area contributed by atoms with Gasteiger partial charge >= 0.3 is 6.03 Å². The van der Waals surface area contributed by atoms with E-state index in [-0.39, 0.29) is 11.9 Å². The fourth-order valence-corrected chi connectivity index (χ4v) is 3.85. The number of rotatable bonds is 5. The molecule has 1 saturated heterocycles. The topological polar surface area (TPSA) is 72.3 Å². The number of carbonyl (C=O) groups is 1. The van der Waals surface area contributed by atoms with Crippen molar-refractivity contribution >= 4 is 38.8 Å². The van der Waals surface area contributed by atoms with Crippen molar-refractivity contribution < 1.29 is 9.53 Å². The lowest BCUT2D eigenvalue weighted by atomic mass is 10.1. The first-order chi connectivity index (χ1) is 13.7. The highest BCUT2D eigenvalue weighted by atomic mass is 79.9. The summed E-state index contributed by atoms with van der Waals surface area (Å²) in [6, 6.07) is 11.4. The lowest BCUT2D eigenvalue weighted by molar-refractivity contribution is 0.186. The molecule has 0 unspecified atom stereocenters. The molecule has 3 aromatic rings. The number of fused-ring (bicyclic) bond motifs is 1. The van der Waals surface area contributed by atoms with E-state index in [1.54, 1.807) is 13.3 Å². The lowest BCUT2D eigenvalue weighted by Crippen LogP contribution is -2.33. The number of methoxy groups -OCH3 is 1. The lowest BCUT2D eigenvalue weighted by Gasteiger charge is -2.18. The van der Waals surface area contributed by atoms with E-state index >= 15 is 0 Å². The number of hydrogen-bond acceptors (Lipinski definition) is 4. The van der Waals surface area contributed by atoms with E-state index in [2.05, 4.69) is 30.8 Å². The molecule has 0 radical (unpaired) electrons. The molecule has 1 aliphatic heterocycles. The van der Waals surface area contributed by atoms with Gasteiger partial charge in [0.25, 0.3) is 0 Å². The van der Waals surface area contributed by atoms with Gasteiger partial charge in [-0.2, -0.15) is 0 Å². The molecule has 1 aromatic carbocycles. The molecule has 1 fully saturated rings. The number of hydrogen-bond donors (Lipinski definition) is 1. The molecule has 28 heavy (non-hydrogen) atoms. The van der Waals surface area contributed by atoms with Gasteiger partial charge in [0.15, 0.2) is 5.65 Å². The molecular weight excluding hydrogens is 422 g/mol. The summed E-state index contributed by atoms with van der Waals surface area (Å²) in [7, 11) is 1.69. The normalized spacial score (nSPS) is 16.6. The number of likely N-dealkylation sites (tertiary alicyclic amines) is 1. The molecule has 3 heterocycles. The summed E-state index contributed by atoms with van der Waals surface area (Å²) in [6.07, 6.45) is 2.66. The molecule has 0 spiro atoms. The standard InChI is InChI=1S/C20H22BrN5O2/c1-28-12-11-26-18(24-17-3-2-9-22-19(17)26)14-8-10-25(13-14)20(27)23-16-6-4-15(21)5-7-16/h2-7,9,14H,8,10-13H2,1H3,(H,23,27)/t14-/m1/s1. The zero-order valence-corrected chi connectivity index (χ0v) is 17.2. The van der Waals surface area contributed by atoms with Crippen LogP contribution in [0.2, 0.25) is 0 Å². The van der Waals surface area contributed by atoms with Gasteiger partial charge in [-0.05, 0) is 42.8 Å². The van der Waals surface area contributed by atoms with Gasteiger partial charge in [0.05, 0.1) is 6.61 Å². The first-order valence-corrected chi connectivity index (χ1v) is 10.1. The number of nitrogens with one attached hydrogen (secondary N) is 1. The first-order valence-electron chi connectivity index (χ1n) is 9.27. The number of urea groups is 1. The van der Waals surface area contributed by atoms with Crippen LogP contribution in [-0.2, 0) is 11.3 Å². The quantitative estimate of drug-likeness (QED) is 0.649. The second kappa shape index (κ2) is 8.28. The van der Waals surface area contributed by atoms with Gasteiger partial charge in [0.2, 0.25) is 0 Å². The zero-order valence-electron chi connectivity index (χ0n) is 15.6. The number of imidazole rings is 1. The number of ether oxygens (including phenoxy) is 1. The zero-order chi connectivity index (χ0) is 19.5. The third-order valence-corrected chi connectivity index (χ3v) is 5.52. The molecule has 0 bridgehead atoms. The highest BCUT2D eigenvalue weighted by molar-refractivity contribution is 9.10. The summed E-state index contributed by atoms with van der Waals surface area (Å²) in [6.45, 7) is 2.63. The summed E-state index contributed by atoms with van der Waals surface area (Å²) in [5, 5.41) is 2.97. The van der Waals surface area contributed by atoms with E-state index in [4.69, 9.17) is 9.72 Å². The number of carbonyl (C=O) groups excluding carboxylic acids is 1. The smallest absolute Gasteiger partial charge is 0.321 e. The molecule has 0 aliphatic carbocycles. The highest BCUT2D eigenvalue weighted by Gasteiger charge is 2.31. The number of anilines is 1. The number of aromatic nitrogens is 3. The van der Waals surface area contributed by atoms with Crippen molar-refractivity contribution in [1.82, 2.24) is 19.4 Å². The maximum Gasteiger partial charge on any atom is 0.321 e. The highest BCUT2D eigenvalue weighted by Crippen LogP contribution is 2.29. The maximum absolute atomic E-state index is 12.6. The fourth-order valence-electron chi connectivity index (χ4n) is 3.58. The van der Waals surface area contributed by atoms with Crippen LogP contribution in [0.3, 0.4) is 0 Å². The van der Waals surface area contributed by atoms with E-state index < -0.39 is 0 Å². The molecule has 8 heteroatoms. The molecule has 2 aromatic heterocycles. The van der Waals surface area contributed by atoms with E-state index in [0.717, 1.165) is 33.6 Å². The summed E-state index contributed by atoms with van der Waals surface area (Å²) < 4.78 is 8.37. The maximum atomic E-state index is 12.6. The number of pyridine rings is 1. The van der Waals surface area contributed by atoms with Gasteiger partial charge in [-0.1, -0.05) is 15.9 Å². The van der Waals surface area contributed by atoms with Gasteiger partial charge in [-0.3, -0.25) is 0 Å². The van der Waals surface area contributed by atoms with Crippen LogP contribution >= 0.6 is 15.9 Å². The third kappa shape index (κ3) is 3.88. The SMILES string of the molecule is COCCn1c([C@@H]2CCN(C(=O)Nc3ccc(Br)cc3)C2)nc2cccnc21. The van der Waals surface area contributed by atoms with Gasteiger partial charge in [-0.15, -0.1) is 0 Å². The molecule has 7 nitrogen and oxygen atoms in total. The van der Waals surface area contributed by atoms with E-state index in [0.29, 0.717) is 26.2 Å². The Morgan fingerprint density at radius 2 is 2.14 bits per heavy atom. The minimum Gasteiger partial charge on any atom is -0.383 e. The minimum atomic E-state index is -0.0810. The summed E-state index contributed by atoms with van der Waals surface area (Å²) in [4.78, 5) is 23.8. The largest absolute Gasteiger partial charge is 0.383 e. The monoisotopic (exact) mass is 443 g/mol. The van der Waals surface area contributed by atoms with Crippen LogP contribution in [0.15, 0.2) is 47.1 Å². The van der Waals surface area contributed by atoms with Gasteiger partial charge in [0.1, 0.15) is 11.3 Å². The van der Waals surface area contributed by atoms with E-state index in [1.807, 2.05) is 41.3 Å². The second-order valence-corrected chi connectivity index (χ2v) is 7.74. The van der Waals surface area contributed by atoms with Crippen LogP contribution in [0.1, 0.15) is 18.2 Å². The summed E-state index contributed by atoms with van der Waals surface area (Å²) >= 11 is 3.40. The van der Waals surface area contributed by atoms with Crippen LogP contribution < -0.4 is 5.32 Å². The van der Waals surface area contributed by atoms with Gasteiger partial charge < -0.3 is 19.5 Å². The van der Waals surface area contributed by atoms with Crippen LogP contribution in [0.5, 0.6) is 0 Å². The number of amides is 2. The molecule has 1 aliphatic rings. The van der Waals surface area contributed by atoms with Crippen LogP contribution in [0, 0.1) is 0 Å². The van der Waals surface area contributed by atoms with Gasteiger partial charge in [0, 0.05) is 49.0 Å². The van der Waals surface area contributed by atoms with Crippen molar-refractivity contribution in [2.75, 3.05) is 32.1 Å². The molecule has 4 rings (SSSR count). The van der Waals surface area contributed by atoms with E-state index in [1.165, 1.54) is 0 Å².